The summed E-state index contributed by atoms with van der Waals surface area (Å²) in [5, 5.41) is 12.2. The second-order valence-electron chi connectivity index (χ2n) is 7.58. The molecule has 0 amide bonds. The molecule has 2 atom stereocenters. The van der Waals surface area contributed by atoms with E-state index in [1.807, 2.05) is 25.1 Å². The SMILES string of the molecule is Cc1nc(-c2ccc3oc4cc(S(=O)NC(C(=O)O)C(C)C)ccc4c3c2)sc1C. The molecule has 2 aromatic carbocycles. The van der Waals surface area contributed by atoms with Crippen LogP contribution in [0.5, 0.6) is 0 Å². The van der Waals surface area contributed by atoms with Crippen molar-refractivity contribution in [1.29, 1.82) is 0 Å². The highest BCUT2D eigenvalue weighted by molar-refractivity contribution is 7.83. The molecular formula is C22H22N2O4S2. The Hall–Kier alpha value is -2.55. The van der Waals surface area contributed by atoms with Crippen molar-refractivity contribution in [3.63, 3.8) is 0 Å². The second kappa shape index (κ2) is 7.94. The largest absolute Gasteiger partial charge is 0.480 e. The number of nitrogens with zero attached hydrogens (tertiary/aromatic N) is 1. The predicted molar refractivity (Wildman–Crippen MR) is 120 cm³/mol. The highest BCUT2D eigenvalue weighted by Gasteiger charge is 2.24. The van der Waals surface area contributed by atoms with Crippen molar-refractivity contribution in [3.8, 4) is 10.6 Å². The quantitative estimate of drug-likeness (QED) is 0.436. The average molecular weight is 443 g/mol. The number of carboxylic acid groups (broad SMARTS) is 1. The van der Waals surface area contributed by atoms with Crippen LogP contribution < -0.4 is 4.72 Å². The third-order valence-corrected chi connectivity index (χ3v) is 7.37. The summed E-state index contributed by atoms with van der Waals surface area (Å²) < 4.78 is 21.3. The summed E-state index contributed by atoms with van der Waals surface area (Å²) in [6, 6.07) is 10.4. The number of fused-ring (bicyclic) bond motifs is 3. The molecule has 2 unspecified atom stereocenters. The molecule has 2 N–H and O–H groups in total. The molecule has 156 valence electrons. The second-order valence-corrected chi connectivity index (χ2v) is 10.0. The van der Waals surface area contributed by atoms with E-state index in [-0.39, 0.29) is 5.92 Å². The lowest BCUT2D eigenvalue weighted by molar-refractivity contribution is -0.140. The molecule has 0 radical (unpaired) electrons. The van der Waals surface area contributed by atoms with Crippen LogP contribution in [0.1, 0.15) is 24.4 Å². The third-order valence-electron chi connectivity index (χ3n) is 5.10. The van der Waals surface area contributed by atoms with Gasteiger partial charge in [0.05, 0.1) is 10.6 Å². The van der Waals surface area contributed by atoms with Crippen LogP contribution in [0.4, 0.5) is 0 Å². The minimum Gasteiger partial charge on any atom is -0.480 e. The van der Waals surface area contributed by atoms with E-state index in [0.29, 0.717) is 10.5 Å². The van der Waals surface area contributed by atoms with Gasteiger partial charge in [-0.25, -0.2) is 13.9 Å². The van der Waals surface area contributed by atoms with Crippen LogP contribution in [0, 0.1) is 19.8 Å². The van der Waals surface area contributed by atoms with E-state index >= 15 is 0 Å². The number of hydrogen-bond donors (Lipinski definition) is 2. The number of benzene rings is 2. The van der Waals surface area contributed by atoms with Crippen LogP contribution in [-0.2, 0) is 15.8 Å². The molecule has 2 heterocycles. The minimum absolute atomic E-state index is 0.196. The van der Waals surface area contributed by atoms with Crippen LogP contribution in [0.15, 0.2) is 45.7 Å². The van der Waals surface area contributed by atoms with Gasteiger partial charge in [0, 0.05) is 21.2 Å². The third kappa shape index (κ3) is 3.78. The molecule has 0 aliphatic rings. The van der Waals surface area contributed by atoms with Gasteiger partial charge in [0.15, 0.2) is 0 Å². The first kappa shape index (κ1) is 20.7. The van der Waals surface area contributed by atoms with Gasteiger partial charge in [0.25, 0.3) is 0 Å². The molecule has 0 spiro atoms. The van der Waals surface area contributed by atoms with Gasteiger partial charge >= 0.3 is 5.97 Å². The topological polar surface area (TPSA) is 92.4 Å². The Kier molecular flexibility index (Phi) is 5.48. The standard InChI is InChI=1S/C22H22N2O4S2/c1-11(2)20(22(25)26)24-30(27)15-6-7-16-17-9-14(21-23-12(3)13(4)29-21)5-8-18(17)28-19(16)10-15/h5-11,20,24H,1-4H3,(H,25,26). The van der Waals surface area contributed by atoms with Crippen LogP contribution in [0.25, 0.3) is 32.5 Å². The van der Waals surface area contributed by atoms with Crippen LogP contribution in [0.2, 0.25) is 0 Å². The van der Waals surface area contributed by atoms with Gasteiger partial charge in [-0.15, -0.1) is 11.3 Å². The van der Waals surface area contributed by atoms with Gasteiger partial charge < -0.3 is 9.52 Å². The van der Waals surface area contributed by atoms with Crippen LogP contribution in [-0.4, -0.2) is 26.3 Å². The first-order valence-corrected chi connectivity index (χ1v) is 11.5. The zero-order valence-corrected chi connectivity index (χ0v) is 18.7. The summed E-state index contributed by atoms with van der Waals surface area (Å²) in [5.74, 6) is -1.22. The molecule has 0 aliphatic carbocycles. The maximum absolute atomic E-state index is 12.7. The maximum Gasteiger partial charge on any atom is 0.321 e. The van der Waals surface area contributed by atoms with Crippen molar-refractivity contribution in [2.75, 3.05) is 0 Å². The highest BCUT2D eigenvalue weighted by atomic mass is 32.2. The summed E-state index contributed by atoms with van der Waals surface area (Å²) in [5.41, 5.74) is 3.41. The smallest absolute Gasteiger partial charge is 0.321 e. The normalized spacial score (nSPS) is 13.9. The molecule has 2 aromatic heterocycles. The van der Waals surface area contributed by atoms with Gasteiger partial charge in [-0.05, 0) is 56.2 Å². The first-order valence-electron chi connectivity index (χ1n) is 9.56. The summed E-state index contributed by atoms with van der Waals surface area (Å²) >= 11 is 1.66. The molecule has 4 rings (SSSR count). The Bertz CT molecular complexity index is 1270. The van der Waals surface area contributed by atoms with E-state index in [1.165, 1.54) is 4.88 Å². The van der Waals surface area contributed by atoms with E-state index < -0.39 is 23.0 Å². The lowest BCUT2D eigenvalue weighted by atomic mass is 10.1. The minimum atomic E-state index is -1.67. The van der Waals surface area contributed by atoms with Gasteiger partial charge in [-0.3, -0.25) is 4.79 Å². The first-order chi connectivity index (χ1) is 14.2. The van der Waals surface area contributed by atoms with Crippen molar-refractivity contribution < 1.29 is 18.5 Å². The van der Waals surface area contributed by atoms with Crippen molar-refractivity contribution in [1.82, 2.24) is 9.71 Å². The number of carboxylic acids is 1. The molecule has 0 saturated heterocycles. The van der Waals surface area contributed by atoms with Crippen molar-refractivity contribution in [3.05, 3.63) is 47.0 Å². The number of furan rings is 1. The fraction of sp³-hybridized carbons (Fsp3) is 0.273. The number of rotatable bonds is 6. The number of nitrogens with one attached hydrogen (secondary N) is 1. The molecule has 0 saturated carbocycles. The van der Waals surface area contributed by atoms with Crippen molar-refractivity contribution in [2.45, 2.75) is 38.6 Å². The van der Waals surface area contributed by atoms with E-state index in [1.54, 1.807) is 37.3 Å². The molecule has 0 fully saturated rings. The molecule has 0 bridgehead atoms. The van der Waals surface area contributed by atoms with Crippen molar-refractivity contribution >= 4 is 50.2 Å². The molecular weight excluding hydrogens is 420 g/mol. The molecule has 0 aliphatic heterocycles. The Labute approximate surface area is 180 Å². The molecule has 30 heavy (non-hydrogen) atoms. The Morgan fingerprint density at radius 2 is 1.90 bits per heavy atom. The summed E-state index contributed by atoms with van der Waals surface area (Å²) in [6.07, 6.45) is 0. The molecule has 4 aromatic rings. The predicted octanol–water partition coefficient (Wildman–Crippen LogP) is 5.05. The number of aryl methyl sites for hydroxylation is 2. The average Bonchev–Trinajstić information content (AvgIpc) is 3.23. The zero-order valence-electron chi connectivity index (χ0n) is 17.1. The van der Waals surface area contributed by atoms with E-state index in [9.17, 15) is 14.1 Å². The van der Waals surface area contributed by atoms with Crippen LogP contribution >= 0.6 is 11.3 Å². The van der Waals surface area contributed by atoms with E-state index in [2.05, 4.69) is 22.7 Å². The monoisotopic (exact) mass is 442 g/mol. The number of carbonyl (C=O) groups is 1. The van der Waals surface area contributed by atoms with E-state index in [0.717, 1.165) is 32.6 Å². The van der Waals surface area contributed by atoms with E-state index in [4.69, 9.17) is 4.42 Å². The number of aromatic nitrogens is 1. The lowest BCUT2D eigenvalue weighted by Crippen LogP contribution is -2.41. The Balaban J connectivity index is 1.71. The molecule has 8 heteroatoms. The zero-order chi connectivity index (χ0) is 21.6. The van der Waals surface area contributed by atoms with Crippen molar-refractivity contribution in [2.24, 2.45) is 5.92 Å². The van der Waals surface area contributed by atoms with Crippen LogP contribution in [0.3, 0.4) is 0 Å². The summed E-state index contributed by atoms with van der Waals surface area (Å²) in [4.78, 5) is 17.7. The maximum atomic E-state index is 12.7. The van der Waals surface area contributed by atoms with Gasteiger partial charge in [0.1, 0.15) is 33.2 Å². The fourth-order valence-corrected chi connectivity index (χ4v) is 5.31. The number of hydrogen-bond acceptors (Lipinski definition) is 5. The molecule has 6 nitrogen and oxygen atoms in total. The number of thiazole rings is 1. The van der Waals surface area contributed by atoms with Gasteiger partial charge in [-0.2, -0.15) is 0 Å². The lowest BCUT2D eigenvalue weighted by Gasteiger charge is -2.17. The Morgan fingerprint density at radius 1 is 1.13 bits per heavy atom. The van der Waals surface area contributed by atoms with Gasteiger partial charge in [0.2, 0.25) is 0 Å². The fourth-order valence-electron chi connectivity index (χ4n) is 3.26. The highest BCUT2D eigenvalue weighted by Crippen LogP contribution is 2.35. The summed E-state index contributed by atoms with van der Waals surface area (Å²) in [7, 11) is -1.67. The Morgan fingerprint density at radius 3 is 2.53 bits per heavy atom. The van der Waals surface area contributed by atoms with Gasteiger partial charge in [-0.1, -0.05) is 13.8 Å². The number of aliphatic carboxylic acids is 1. The summed E-state index contributed by atoms with van der Waals surface area (Å²) in [6.45, 7) is 7.61.